The second-order valence-corrected chi connectivity index (χ2v) is 6.23. The second kappa shape index (κ2) is 9.77. The molecule has 2 aromatic carbocycles. The summed E-state index contributed by atoms with van der Waals surface area (Å²) in [6.07, 6.45) is 3.22. The van der Waals surface area contributed by atoms with Gasteiger partial charge in [0.2, 0.25) is 0 Å². The highest BCUT2D eigenvalue weighted by Crippen LogP contribution is 2.36. The molecule has 0 aliphatic rings. The van der Waals surface area contributed by atoms with Crippen LogP contribution in [0.15, 0.2) is 58.6 Å². The van der Waals surface area contributed by atoms with E-state index in [0.717, 1.165) is 15.6 Å². The zero-order valence-corrected chi connectivity index (χ0v) is 16.4. The van der Waals surface area contributed by atoms with Gasteiger partial charge in [0.1, 0.15) is 6.61 Å². The maximum absolute atomic E-state index is 12.2. The Bertz CT molecular complexity index is 819. The highest BCUT2D eigenvalue weighted by Gasteiger charge is 2.11. The van der Waals surface area contributed by atoms with Gasteiger partial charge >= 0.3 is 0 Å². The Morgan fingerprint density at radius 3 is 2.77 bits per heavy atom. The number of rotatable bonds is 8. The fourth-order valence-electron chi connectivity index (χ4n) is 2.26. The van der Waals surface area contributed by atoms with Crippen molar-refractivity contribution in [1.29, 1.82) is 0 Å². The van der Waals surface area contributed by atoms with Crippen LogP contribution < -0.4 is 14.9 Å². The molecule has 0 aliphatic heterocycles. The largest absolute Gasteiger partial charge is 0.490 e. The summed E-state index contributed by atoms with van der Waals surface area (Å²) in [6.45, 7) is 8.30. The molecule has 0 unspecified atom stereocenters. The van der Waals surface area contributed by atoms with Gasteiger partial charge in [-0.15, -0.1) is 0 Å². The molecule has 1 N–H and O–H groups in total. The highest BCUT2D eigenvalue weighted by molar-refractivity contribution is 9.10. The fourth-order valence-corrected chi connectivity index (χ4v) is 2.84. The van der Waals surface area contributed by atoms with E-state index in [2.05, 4.69) is 33.0 Å². The first-order valence-corrected chi connectivity index (χ1v) is 8.95. The number of halogens is 1. The smallest absolute Gasteiger partial charge is 0.271 e. The van der Waals surface area contributed by atoms with E-state index in [-0.39, 0.29) is 5.91 Å². The lowest BCUT2D eigenvalue weighted by Crippen LogP contribution is -2.18. The molecule has 1 amide bonds. The van der Waals surface area contributed by atoms with Crippen LogP contribution in [-0.2, 0) is 0 Å². The number of carbonyl (C=O) groups excluding carboxylic acids is 1. The van der Waals surface area contributed by atoms with Crippen LogP contribution in [0.5, 0.6) is 11.5 Å². The molecule has 2 aromatic rings. The van der Waals surface area contributed by atoms with Crippen molar-refractivity contribution in [3.8, 4) is 11.5 Å². The zero-order valence-electron chi connectivity index (χ0n) is 14.8. The number of ether oxygens (including phenoxy) is 2. The van der Waals surface area contributed by atoms with E-state index in [4.69, 9.17) is 9.47 Å². The van der Waals surface area contributed by atoms with Gasteiger partial charge in [-0.05, 0) is 59.1 Å². The van der Waals surface area contributed by atoms with Crippen LogP contribution in [0.3, 0.4) is 0 Å². The Morgan fingerprint density at radius 2 is 2.08 bits per heavy atom. The van der Waals surface area contributed by atoms with Crippen LogP contribution in [0.2, 0.25) is 0 Å². The maximum atomic E-state index is 12.2. The fraction of sp³-hybridized carbons (Fsp3) is 0.200. The van der Waals surface area contributed by atoms with E-state index in [1.807, 2.05) is 38.1 Å². The van der Waals surface area contributed by atoms with Crippen LogP contribution in [0, 0.1) is 6.92 Å². The number of benzene rings is 2. The lowest BCUT2D eigenvalue weighted by molar-refractivity contribution is 0.0954. The van der Waals surface area contributed by atoms with Crippen LogP contribution in [-0.4, -0.2) is 25.3 Å². The molecule has 26 heavy (non-hydrogen) atoms. The van der Waals surface area contributed by atoms with Crippen LogP contribution in [0.1, 0.15) is 28.4 Å². The van der Waals surface area contributed by atoms with Gasteiger partial charge in [0.25, 0.3) is 5.91 Å². The number of hydrogen-bond acceptors (Lipinski definition) is 4. The standard InChI is InChI=1S/C20H21BrN2O3/c1-4-10-26-19-17(21)11-15(12-18(19)25-5-2)13-22-23-20(24)16-9-7-6-8-14(16)3/h4,6-9,11-13H,1,5,10H2,2-3H3,(H,23,24)/b22-13+. The molecule has 5 nitrogen and oxygen atoms in total. The summed E-state index contributed by atoms with van der Waals surface area (Å²) in [7, 11) is 0. The van der Waals surface area contributed by atoms with Crippen LogP contribution in [0.4, 0.5) is 0 Å². The quantitative estimate of drug-likeness (QED) is 0.391. The summed E-state index contributed by atoms with van der Waals surface area (Å²) in [5, 5.41) is 4.04. The minimum atomic E-state index is -0.255. The summed E-state index contributed by atoms with van der Waals surface area (Å²) >= 11 is 3.48. The molecule has 2 rings (SSSR count). The minimum absolute atomic E-state index is 0.255. The van der Waals surface area contributed by atoms with Crippen LogP contribution >= 0.6 is 15.9 Å². The van der Waals surface area contributed by atoms with E-state index < -0.39 is 0 Å². The summed E-state index contributed by atoms with van der Waals surface area (Å²) in [5.41, 5.74) is 4.78. The minimum Gasteiger partial charge on any atom is -0.490 e. The van der Waals surface area contributed by atoms with E-state index in [9.17, 15) is 4.79 Å². The molecular weight excluding hydrogens is 396 g/mol. The molecule has 0 heterocycles. The van der Waals surface area contributed by atoms with E-state index in [0.29, 0.717) is 30.3 Å². The number of hydrogen-bond donors (Lipinski definition) is 1. The Hall–Kier alpha value is -2.60. The molecule has 0 aliphatic carbocycles. The number of nitrogens with zero attached hydrogens (tertiary/aromatic N) is 1. The van der Waals surface area contributed by atoms with Gasteiger partial charge in [-0.3, -0.25) is 4.79 Å². The number of carbonyl (C=O) groups is 1. The van der Waals surface area contributed by atoms with Gasteiger partial charge in [0, 0.05) is 5.56 Å². The Kier molecular flexibility index (Phi) is 7.41. The van der Waals surface area contributed by atoms with Crippen molar-refractivity contribution in [2.75, 3.05) is 13.2 Å². The first-order valence-electron chi connectivity index (χ1n) is 8.15. The van der Waals surface area contributed by atoms with E-state index in [1.54, 1.807) is 24.4 Å². The lowest BCUT2D eigenvalue weighted by atomic mass is 10.1. The Morgan fingerprint density at radius 1 is 1.31 bits per heavy atom. The second-order valence-electron chi connectivity index (χ2n) is 5.38. The molecule has 0 atom stereocenters. The first kappa shape index (κ1) is 19.7. The van der Waals surface area contributed by atoms with Crippen molar-refractivity contribution < 1.29 is 14.3 Å². The first-order chi connectivity index (χ1) is 12.6. The summed E-state index contributed by atoms with van der Waals surface area (Å²) in [6, 6.07) is 11.0. The Balaban J connectivity index is 2.15. The molecule has 6 heteroatoms. The molecule has 0 saturated heterocycles. The molecule has 0 spiro atoms. The summed E-state index contributed by atoms with van der Waals surface area (Å²) in [4.78, 5) is 12.2. The van der Waals surface area contributed by atoms with Gasteiger partial charge in [-0.25, -0.2) is 5.43 Å². The van der Waals surface area contributed by atoms with Crippen molar-refractivity contribution in [3.05, 3.63) is 70.2 Å². The average molecular weight is 417 g/mol. The number of hydrazone groups is 1. The molecule has 0 bridgehead atoms. The monoisotopic (exact) mass is 416 g/mol. The van der Waals surface area contributed by atoms with Gasteiger partial charge < -0.3 is 9.47 Å². The van der Waals surface area contributed by atoms with Crippen molar-refractivity contribution in [2.24, 2.45) is 5.10 Å². The van der Waals surface area contributed by atoms with Gasteiger partial charge in [0.15, 0.2) is 11.5 Å². The van der Waals surface area contributed by atoms with E-state index >= 15 is 0 Å². The summed E-state index contributed by atoms with van der Waals surface area (Å²) < 4.78 is 12.0. The third-order valence-corrected chi connectivity index (χ3v) is 4.04. The maximum Gasteiger partial charge on any atom is 0.271 e. The van der Waals surface area contributed by atoms with Gasteiger partial charge in [0.05, 0.1) is 17.3 Å². The van der Waals surface area contributed by atoms with Crippen molar-refractivity contribution >= 4 is 28.1 Å². The van der Waals surface area contributed by atoms with Crippen molar-refractivity contribution in [2.45, 2.75) is 13.8 Å². The Labute approximate surface area is 161 Å². The zero-order chi connectivity index (χ0) is 18.9. The summed E-state index contributed by atoms with van der Waals surface area (Å²) in [5.74, 6) is 0.942. The third kappa shape index (κ3) is 5.20. The normalized spacial score (nSPS) is 10.6. The number of aryl methyl sites for hydroxylation is 1. The molecule has 0 aromatic heterocycles. The number of amides is 1. The lowest BCUT2D eigenvalue weighted by Gasteiger charge is -2.13. The van der Waals surface area contributed by atoms with E-state index in [1.165, 1.54) is 0 Å². The number of nitrogens with one attached hydrogen (secondary N) is 1. The molecule has 0 radical (unpaired) electrons. The highest BCUT2D eigenvalue weighted by atomic mass is 79.9. The van der Waals surface area contributed by atoms with Crippen LogP contribution in [0.25, 0.3) is 0 Å². The molecule has 0 fully saturated rings. The third-order valence-electron chi connectivity index (χ3n) is 3.45. The van der Waals surface area contributed by atoms with Crippen molar-refractivity contribution in [1.82, 2.24) is 5.43 Å². The predicted octanol–water partition coefficient (Wildman–Crippen LogP) is 4.48. The van der Waals surface area contributed by atoms with Crippen molar-refractivity contribution in [3.63, 3.8) is 0 Å². The predicted molar refractivity (Wildman–Crippen MR) is 107 cm³/mol. The molecular formula is C20H21BrN2O3. The molecule has 136 valence electrons. The van der Waals surface area contributed by atoms with Gasteiger partial charge in [-0.2, -0.15) is 5.10 Å². The average Bonchev–Trinajstić information content (AvgIpc) is 2.61. The SMILES string of the molecule is C=CCOc1c(Br)cc(/C=N/NC(=O)c2ccccc2C)cc1OCC. The topological polar surface area (TPSA) is 59.9 Å². The molecule has 0 saturated carbocycles. The van der Waals surface area contributed by atoms with Gasteiger partial charge in [-0.1, -0.05) is 30.9 Å².